The smallest absolute Gasteiger partial charge is 0.329 e. The number of pyridine rings is 2. The molecule has 2 heterocycles. The van der Waals surface area contributed by atoms with Crippen LogP contribution in [0.25, 0.3) is 11.1 Å². The Morgan fingerprint density at radius 1 is 0.921 bits per heavy atom. The van der Waals surface area contributed by atoms with E-state index in [0.29, 0.717) is 12.3 Å². The summed E-state index contributed by atoms with van der Waals surface area (Å²) in [6.07, 6.45) is 1.44. The third kappa shape index (κ3) is 6.93. The predicted molar refractivity (Wildman–Crippen MR) is 143 cm³/mol. The molecule has 0 saturated heterocycles. The van der Waals surface area contributed by atoms with Crippen LogP contribution in [0.5, 0.6) is 5.75 Å². The fraction of sp³-hybridized carbons (Fsp3) is 0.179. The van der Waals surface area contributed by atoms with E-state index in [4.69, 9.17) is 9.57 Å². The van der Waals surface area contributed by atoms with Crippen LogP contribution in [0.2, 0.25) is 0 Å². The largest absolute Gasteiger partial charge is 0.494 e. The minimum absolute atomic E-state index is 0.0212. The zero-order chi connectivity index (χ0) is 27.0. The van der Waals surface area contributed by atoms with Crippen molar-refractivity contribution < 1.29 is 22.8 Å². The van der Waals surface area contributed by atoms with Gasteiger partial charge in [0.05, 0.1) is 18.8 Å². The molecule has 0 amide bonds. The van der Waals surface area contributed by atoms with Gasteiger partial charge in [-0.3, -0.25) is 4.79 Å². The molecule has 0 fully saturated rings. The number of sulfonamides is 1. The number of ether oxygens (including phenoxy) is 1. The predicted octanol–water partition coefficient (Wildman–Crippen LogP) is 4.82. The van der Waals surface area contributed by atoms with Crippen molar-refractivity contribution >= 4 is 21.8 Å². The van der Waals surface area contributed by atoms with E-state index >= 15 is 0 Å². The number of anilines is 1. The molecule has 2 aromatic heterocycles. The van der Waals surface area contributed by atoms with Gasteiger partial charge in [0.1, 0.15) is 5.75 Å². The Morgan fingerprint density at radius 2 is 1.71 bits per heavy atom. The number of hydrogen-bond donors (Lipinski definition) is 1. The summed E-state index contributed by atoms with van der Waals surface area (Å²) in [4.78, 5) is 24.4. The van der Waals surface area contributed by atoms with Crippen LogP contribution < -0.4 is 10.2 Å². The quantitative estimate of drug-likeness (QED) is 0.274. The van der Waals surface area contributed by atoms with Crippen LogP contribution in [0.4, 0.5) is 5.82 Å². The van der Waals surface area contributed by atoms with Gasteiger partial charge in [0, 0.05) is 19.7 Å². The molecule has 196 valence electrons. The van der Waals surface area contributed by atoms with E-state index < -0.39 is 16.0 Å². The Balaban J connectivity index is 1.60. The van der Waals surface area contributed by atoms with Crippen LogP contribution in [-0.2, 0) is 32.7 Å². The van der Waals surface area contributed by atoms with Gasteiger partial charge in [-0.2, -0.15) is 4.31 Å². The zero-order valence-corrected chi connectivity index (χ0v) is 21.9. The molecular formula is C28H28N4O5S. The number of nitrogens with one attached hydrogen (secondary N) is 1. The lowest BCUT2D eigenvalue weighted by Gasteiger charge is -2.22. The number of carbonyl (C=O) groups excluding carboxylic acids is 1. The summed E-state index contributed by atoms with van der Waals surface area (Å²) in [6.45, 7) is 3.86. The average molecular weight is 533 g/mol. The van der Waals surface area contributed by atoms with Gasteiger partial charge in [-0.25, -0.2) is 23.9 Å². The Hall–Kier alpha value is -4.28. The first-order chi connectivity index (χ1) is 18.3. The minimum atomic E-state index is -3.95. The first-order valence-corrected chi connectivity index (χ1v) is 13.4. The molecule has 0 bridgehead atoms. The van der Waals surface area contributed by atoms with Gasteiger partial charge in [0.15, 0.2) is 10.8 Å². The summed E-state index contributed by atoms with van der Waals surface area (Å²) in [6, 6.07) is 25.3. The van der Waals surface area contributed by atoms with E-state index in [-0.39, 0.29) is 23.9 Å². The lowest BCUT2D eigenvalue weighted by atomic mass is 10.0. The summed E-state index contributed by atoms with van der Waals surface area (Å²) in [5, 5.41) is -0.0569. The van der Waals surface area contributed by atoms with Crippen LogP contribution in [0.3, 0.4) is 0 Å². The molecule has 0 aliphatic heterocycles. The number of rotatable bonds is 11. The Morgan fingerprint density at radius 3 is 2.42 bits per heavy atom. The Labute approximate surface area is 222 Å². The zero-order valence-electron chi connectivity index (χ0n) is 21.1. The lowest BCUT2D eigenvalue weighted by Crippen LogP contribution is -2.31. The molecule has 2 aromatic carbocycles. The highest BCUT2D eigenvalue weighted by molar-refractivity contribution is 7.89. The maximum absolute atomic E-state index is 13.6. The minimum Gasteiger partial charge on any atom is -0.494 e. The molecule has 0 aliphatic carbocycles. The fourth-order valence-electron chi connectivity index (χ4n) is 3.73. The molecule has 1 N–H and O–H groups in total. The van der Waals surface area contributed by atoms with Crippen molar-refractivity contribution in [2.45, 2.75) is 32.0 Å². The van der Waals surface area contributed by atoms with Gasteiger partial charge >= 0.3 is 5.97 Å². The van der Waals surface area contributed by atoms with Gasteiger partial charge in [-0.05, 0) is 60.0 Å². The summed E-state index contributed by atoms with van der Waals surface area (Å²) in [5.41, 5.74) is 5.71. The van der Waals surface area contributed by atoms with Crippen LogP contribution in [0.1, 0.15) is 25.1 Å². The normalized spacial score (nSPS) is 11.2. The molecule has 9 nitrogen and oxygen atoms in total. The van der Waals surface area contributed by atoms with Crippen molar-refractivity contribution in [1.82, 2.24) is 14.3 Å². The summed E-state index contributed by atoms with van der Waals surface area (Å²) >= 11 is 0. The summed E-state index contributed by atoms with van der Waals surface area (Å²) < 4.78 is 34.0. The lowest BCUT2D eigenvalue weighted by molar-refractivity contribution is -0.138. The second-order valence-corrected chi connectivity index (χ2v) is 10.2. The van der Waals surface area contributed by atoms with Gasteiger partial charge in [0.2, 0.25) is 0 Å². The second kappa shape index (κ2) is 12.3. The number of carbonyl (C=O) groups is 1. The van der Waals surface area contributed by atoms with E-state index in [1.54, 1.807) is 30.3 Å². The van der Waals surface area contributed by atoms with E-state index in [9.17, 15) is 13.2 Å². The van der Waals surface area contributed by atoms with Crippen molar-refractivity contribution in [3.8, 4) is 16.9 Å². The molecule has 38 heavy (non-hydrogen) atoms. The van der Waals surface area contributed by atoms with Gasteiger partial charge in [-0.15, -0.1) is 0 Å². The molecule has 0 atom stereocenters. The molecule has 10 heteroatoms. The average Bonchev–Trinajstić information content (AvgIpc) is 2.93. The van der Waals surface area contributed by atoms with Crippen molar-refractivity contribution in [1.29, 1.82) is 0 Å². The number of hydrogen-bond acceptors (Lipinski definition) is 8. The highest BCUT2D eigenvalue weighted by atomic mass is 32.2. The highest BCUT2D eigenvalue weighted by Crippen LogP contribution is 2.26. The number of aromatic nitrogens is 2. The third-order valence-corrected chi connectivity index (χ3v) is 7.19. The molecule has 0 spiro atoms. The van der Waals surface area contributed by atoms with Crippen LogP contribution in [0.15, 0.2) is 96.2 Å². The standard InChI is InChI=1S/C28H28N4O5S/c1-3-36-26-10-6-8-24(18-26)23-15-13-22(14-16-23)19-32(38(34,35)28-12-4-5-17-29-28)20-25-9-7-11-27(30-25)31-37-21(2)33/h4-18H,3,19-20H2,1-2H3,(H,30,31). The molecule has 0 radical (unpaired) electrons. The van der Waals surface area contributed by atoms with Gasteiger partial charge < -0.3 is 9.57 Å². The topological polar surface area (TPSA) is 111 Å². The van der Waals surface area contributed by atoms with Crippen LogP contribution in [0, 0.1) is 0 Å². The van der Waals surface area contributed by atoms with Crippen molar-refractivity contribution in [3.05, 3.63) is 102 Å². The van der Waals surface area contributed by atoms with Crippen molar-refractivity contribution in [2.75, 3.05) is 12.1 Å². The second-order valence-electron chi connectivity index (χ2n) is 8.31. The monoisotopic (exact) mass is 532 g/mol. The first-order valence-electron chi connectivity index (χ1n) is 12.0. The summed E-state index contributed by atoms with van der Waals surface area (Å²) in [5.74, 6) is 0.552. The van der Waals surface area contributed by atoms with E-state index in [1.165, 1.54) is 23.5 Å². The molecule has 4 aromatic rings. The first kappa shape index (κ1) is 26.8. The van der Waals surface area contributed by atoms with E-state index in [1.807, 2.05) is 55.5 Å². The number of nitrogens with zero attached hydrogens (tertiary/aromatic N) is 3. The van der Waals surface area contributed by atoms with Crippen molar-refractivity contribution in [2.24, 2.45) is 0 Å². The third-order valence-electron chi connectivity index (χ3n) is 5.48. The van der Waals surface area contributed by atoms with Gasteiger partial charge in [-0.1, -0.05) is 48.5 Å². The molecule has 0 saturated carbocycles. The molecule has 0 aliphatic rings. The van der Waals surface area contributed by atoms with Crippen LogP contribution >= 0.6 is 0 Å². The maximum Gasteiger partial charge on any atom is 0.329 e. The SMILES string of the molecule is CCOc1cccc(-c2ccc(CN(Cc3cccc(NOC(C)=O)n3)S(=O)(=O)c3ccccn3)cc2)c1. The summed E-state index contributed by atoms with van der Waals surface area (Å²) in [7, 11) is -3.95. The Kier molecular flexibility index (Phi) is 8.67. The van der Waals surface area contributed by atoms with Gasteiger partial charge in [0.25, 0.3) is 10.0 Å². The number of benzene rings is 2. The van der Waals surface area contributed by atoms with E-state index in [2.05, 4.69) is 15.4 Å². The fourth-order valence-corrected chi connectivity index (χ4v) is 5.06. The molecular weight excluding hydrogens is 504 g/mol. The Bertz CT molecular complexity index is 1480. The molecule has 4 rings (SSSR count). The van der Waals surface area contributed by atoms with Crippen molar-refractivity contribution in [3.63, 3.8) is 0 Å². The van der Waals surface area contributed by atoms with E-state index in [0.717, 1.165) is 22.4 Å². The van der Waals surface area contributed by atoms with Crippen LogP contribution in [-0.4, -0.2) is 35.3 Å². The molecule has 0 unspecified atom stereocenters. The maximum atomic E-state index is 13.6. The highest BCUT2D eigenvalue weighted by Gasteiger charge is 2.26.